The third kappa shape index (κ3) is 5.00. The quantitative estimate of drug-likeness (QED) is 0.410. The van der Waals surface area contributed by atoms with Crippen molar-refractivity contribution in [2.75, 3.05) is 51.0 Å². The van der Waals surface area contributed by atoms with Crippen molar-refractivity contribution in [1.29, 1.82) is 0 Å². The molecule has 0 spiro atoms. The monoisotopic (exact) mass is 483 g/mol. The number of nitrogens with one attached hydrogen (secondary N) is 2. The van der Waals surface area contributed by atoms with Gasteiger partial charge in [0.05, 0.1) is 29.6 Å². The first-order chi connectivity index (χ1) is 17.5. The summed E-state index contributed by atoms with van der Waals surface area (Å²) in [6.07, 6.45) is 3.40. The number of carbonyl (C=O) groups excluding carboxylic acids is 2. The first-order valence-electron chi connectivity index (χ1n) is 12.0. The number of methoxy groups -OCH3 is 1. The number of carbonyl (C=O) groups is 2. The summed E-state index contributed by atoms with van der Waals surface area (Å²) >= 11 is 0. The number of nitrogens with zero attached hydrogens (tertiary/aromatic N) is 3. The summed E-state index contributed by atoms with van der Waals surface area (Å²) in [5.74, 6) is -0.688. The lowest BCUT2D eigenvalue weighted by Gasteiger charge is -2.32. The second kappa shape index (κ2) is 10.3. The third-order valence-corrected chi connectivity index (χ3v) is 6.63. The molecular weight excluding hydrogens is 454 g/mol. The minimum atomic E-state index is -0.450. The van der Waals surface area contributed by atoms with Crippen LogP contribution in [0.2, 0.25) is 0 Å². The molecule has 2 aliphatic rings. The van der Waals surface area contributed by atoms with Crippen LogP contribution in [0, 0.1) is 0 Å². The zero-order valence-electron chi connectivity index (χ0n) is 20.5. The topological polar surface area (TPSA) is 86.8 Å². The van der Waals surface area contributed by atoms with Crippen molar-refractivity contribution in [2.24, 2.45) is 0 Å². The highest BCUT2D eigenvalue weighted by Gasteiger charge is 2.29. The van der Waals surface area contributed by atoms with E-state index in [4.69, 9.17) is 4.74 Å². The maximum absolute atomic E-state index is 13.1. The molecule has 184 valence electrons. The highest BCUT2D eigenvalue weighted by Crippen LogP contribution is 2.38. The lowest BCUT2D eigenvalue weighted by atomic mass is 9.99. The van der Waals surface area contributed by atoms with Gasteiger partial charge in [-0.15, -0.1) is 0 Å². The molecule has 0 atom stereocenters. The zero-order valence-corrected chi connectivity index (χ0v) is 20.5. The highest BCUT2D eigenvalue weighted by atomic mass is 16.5. The standard InChI is InChI=1S/C28H29N5O3/c1-32-13-15-33(16-14-32)18-19-3-6-22(7-4-19)30-26(20-9-11-29-12-10-20)25-23-8-5-21(28(35)36-2)17-24(23)31-27(25)34/h3-12,17,30H,13-16,18H2,1-2H3,(H,31,34)/b26-25-. The number of amides is 1. The van der Waals surface area contributed by atoms with Crippen LogP contribution in [0.4, 0.5) is 11.4 Å². The predicted octanol–water partition coefficient (Wildman–Crippen LogP) is 3.55. The van der Waals surface area contributed by atoms with E-state index in [0.29, 0.717) is 22.5 Å². The third-order valence-electron chi connectivity index (χ3n) is 6.63. The number of benzene rings is 2. The summed E-state index contributed by atoms with van der Waals surface area (Å²) in [7, 11) is 3.50. The maximum atomic E-state index is 13.1. The summed E-state index contributed by atoms with van der Waals surface area (Å²) in [6.45, 7) is 5.24. The Kier molecular flexibility index (Phi) is 6.79. The Hall–Kier alpha value is -4.01. The summed E-state index contributed by atoms with van der Waals surface area (Å²) in [4.78, 5) is 34.1. The summed E-state index contributed by atoms with van der Waals surface area (Å²) < 4.78 is 4.82. The van der Waals surface area contributed by atoms with E-state index >= 15 is 0 Å². The SMILES string of the molecule is COC(=O)c1ccc2c(c1)NC(=O)/C2=C(\Nc1ccc(CN2CCN(C)CC2)cc1)c1ccncc1. The summed E-state index contributed by atoms with van der Waals surface area (Å²) in [5.41, 5.74) is 5.83. The van der Waals surface area contributed by atoms with E-state index in [1.165, 1.54) is 12.7 Å². The van der Waals surface area contributed by atoms with Gasteiger partial charge < -0.3 is 20.3 Å². The first kappa shape index (κ1) is 23.7. The van der Waals surface area contributed by atoms with Crippen LogP contribution in [0.3, 0.4) is 0 Å². The Labute approximate surface area is 210 Å². The summed E-state index contributed by atoms with van der Waals surface area (Å²) in [5, 5.41) is 6.36. The molecule has 36 heavy (non-hydrogen) atoms. The molecule has 1 amide bonds. The predicted molar refractivity (Wildman–Crippen MR) is 140 cm³/mol. The van der Waals surface area contributed by atoms with Crippen LogP contribution in [0.5, 0.6) is 0 Å². The van der Waals surface area contributed by atoms with Crippen molar-refractivity contribution in [3.05, 3.63) is 89.2 Å². The van der Waals surface area contributed by atoms with Crippen LogP contribution in [0.1, 0.15) is 27.0 Å². The molecule has 0 bridgehead atoms. The number of esters is 1. The van der Waals surface area contributed by atoms with Gasteiger partial charge in [-0.2, -0.15) is 0 Å². The Balaban J connectivity index is 1.45. The number of fused-ring (bicyclic) bond motifs is 1. The molecule has 0 aliphatic carbocycles. The number of hydrogen-bond donors (Lipinski definition) is 2. The molecule has 2 aromatic carbocycles. The first-order valence-corrected chi connectivity index (χ1v) is 12.0. The Morgan fingerprint density at radius 3 is 2.42 bits per heavy atom. The number of anilines is 2. The number of rotatable bonds is 6. The number of ether oxygens (including phenoxy) is 1. The zero-order chi connectivity index (χ0) is 25.1. The molecule has 0 unspecified atom stereocenters. The van der Waals surface area contributed by atoms with E-state index in [1.54, 1.807) is 30.6 Å². The van der Waals surface area contributed by atoms with Gasteiger partial charge in [0.15, 0.2) is 0 Å². The fourth-order valence-electron chi connectivity index (χ4n) is 4.57. The van der Waals surface area contributed by atoms with Crippen molar-refractivity contribution in [3.63, 3.8) is 0 Å². The molecule has 1 fully saturated rings. The lowest BCUT2D eigenvalue weighted by molar-refractivity contribution is -0.110. The Bertz CT molecular complexity index is 1300. The van der Waals surface area contributed by atoms with E-state index in [2.05, 4.69) is 44.6 Å². The number of aromatic nitrogens is 1. The van der Waals surface area contributed by atoms with Crippen LogP contribution in [0.15, 0.2) is 67.0 Å². The van der Waals surface area contributed by atoms with E-state index in [-0.39, 0.29) is 5.91 Å². The fraction of sp³-hybridized carbons (Fsp3) is 0.250. The normalized spacial score (nSPS) is 17.3. The second-order valence-corrected chi connectivity index (χ2v) is 9.09. The van der Waals surface area contributed by atoms with Gasteiger partial charge in [0.1, 0.15) is 0 Å². The van der Waals surface area contributed by atoms with E-state index in [0.717, 1.165) is 49.5 Å². The molecule has 1 aromatic heterocycles. The molecule has 5 rings (SSSR count). The molecule has 0 radical (unpaired) electrons. The molecule has 3 aromatic rings. The lowest BCUT2D eigenvalue weighted by Crippen LogP contribution is -2.43. The molecule has 8 nitrogen and oxygen atoms in total. The van der Waals surface area contributed by atoms with Gasteiger partial charge in [-0.1, -0.05) is 18.2 Å². The second-order valence-electron chi connectivity index (χ2n) is 9.09. The fourth-order valence-corrected chi connectivity index (χ4v) is 4.57. The van der Waals surface area contributed by atoms with Crippen molar-refractivity contribution >= 4 is 34.5 Å². The van der Waals surface area contributed by atoms with E-state index in [1.807, 2.05) is 24.3 Å². The largest absolute Gasteiger partial charge is 0.465 e. The van der Waals surface area contributed by atoms with Crippen molar-refractivity contribution in [2.45, 2.75) is 6.54 Å². The van der Waals surface area contributed by atoms with Crippen molar-refractivity contribution in [3.8, 4) is 0 Å². The maximum Gasteiger partial charge on any atom is 0.337 e. The molecule has 2 aliphatic heterocycles. The van der Waals surface area contributed by atoms with Crippen molar-refractivity contribution < 1.29 is 14.3 Å². The van der Waals surface area contributed by atoms with Crippen LogP contribution in [-0.2, 0) is 16.1 Å². The van der Waals surface area contributed by atoms with Gasteiger partial charge in [-0.05, 0) is 49.0 Å². The Morgan fingerprint density at radius 1 is 1.00 bits per heavy atom. The number of piperazine rings is 1. The van der Waals surface area contributed by atoms with Gasteiger partial charge in [0, 0.05) is 61.9 Å². The highest BCUT2D eigenvalue weighted by molar-refractivity contribution is 6.37. The number of pyridine rings is 1. The van der Waals surface area contributed by atoms with Crippen LogP contribution < -0.4 is 10.6 Å². The van der Waals surface area contributed by atoms with Crippen LogP contribution in [-0.4, -0.2) is 67.0 Å². The molecule has 2 N–H and O–H groups in total. The molecule has 0 saturated carbocycles. The number of likely N-dealkylation sites (N-methyl/N-ethyl adjacent to an activating group) is 1. The van der Waals surface area contributed by atoms with E-state index in [9.17, 15) is 9.59 Å². The van der Waals surface area contributed by atoms with Gasteiger partial charge in [-0.3, -0.25) is 14.7 Å². The Morgan fingerprint density at radius 2 is 1.72 bits per heavy atom. The molecular formula is C28H29N5O3. The molecule has 3 heterocycles. The minimum absolute atomic E-state index is 0.238. The smallest absolute Gasteiger partial charge is 0.337 e. The summed E-state index contributed by atoms with van der Waals surface area (Å²) in [6, 6.07) is 17.2. The average molecular weight is 484 g/mol. The van der Waals surface area contributed by atoms with Crippen LogP contribution >= 0.6 is 0 Å². The van der Waals surface area contributed by atoms with Crippen molar-refractivity contribution in [1.82, 2.24) is 14.8 Å². The average Bonchev–Trinajstić information content (AvgIpc) is 3.24. The minimum Gasteiger partial charge on any atom is -0.465 e. The molecule has 8 heteroatoms. The molecule has 1 saturated heterocycles. The van der Waals surface area contributed by atoms with Gasteiger partial charge in [0.25, 0.3) is 5.91 Å². The van der Waals surface area contributed by atoms with Gasteiger partial charge >= 0.3 is 5.97 Å². The number of hydrogen-bond acceptors (Lipinski definition) is 7. The van der Waals surface area contributed by atoms with E-state index < -0.39 is 5.97 Å². The van der Waals surface area contributed by atoms with Gasteiger partial charge in [0.2, 0.25) is 0 Å². The van der Waals surface area contributed by atoms with Crippen LogP contribution in [0.25, 0.3) is 11.3 Å². The van der Waals surface area contributed by atoms with Gasteiger partial charge in [-0.25, -0.2) is 4.79 Å².